The molecule has 0 bridgehead atoms. The molecule has 0 saturated heterocycles. The number of hydrogen-bond donors (Lipinski definition) is 1. The van der Waals surface area contributed by atoms with Crippen LogP contribution in [-0.4, -0.2) is 23.0 Å². The molecule has 0 radical (unpaired) electrons. The van der Waals surface area contributed by atoms with Crippen LogP contribution in [0.3, 0.4) is 0 Å². The molecule has 3 aromatic rings. The molecule has 0 fully saturated rings. The summed E-state index contributed by atoms with van der Waals surface area (Å²) >= 11 is 3.34. The van der Waals surface area contributed by atoms with Gasteiger partial charge < -0.3 is 4.74 Å². The Morgan fingerprint density at radius 3 is 2.55 bits per heavy atom. The Bertz CT molecular complexity index is 1190. The number of non-ortho nitro benzene ring substituents is 1. The number of halogens is 1. The van der Waals surface area contributed by atoms with Gasteiger partial charge in [0.15, 0.2) is 0 Å². The summed E-state index contributed by atoms with van der Waals surface area (Å²) in [5.74, 6) is -0.891. The van der Waals surface area contributed by atoms with Crippen LogP contribution in [0.25, 0.3) is 0 Å². The summed E-state index contributed by atoms with van der Waals surface area (Å²) in [7, 11) is 0. The topological polar surface area (TPSA) is 111 Å². The highest BCUT2D eigenvalue weighted by atomic mass is 79.9. The van der Waals surface area contributed by atoms with Gasteiger partial charge in [0, 0.05) is 27.7 Å². The molecule has 9 heteroatoms. The Hall–Kier alpha value is -3.85. The highest BCUT2D eigenvalue weighted by Crippen LogP contribution is 2.23. The van der Waals surface area contributed by atoms with Gasteiger partial charge in [0.1, 0.15) is 5.75 Å². The molecule has 8 nitrogen and oxygen atoms in total. The van der Waals surface area contributed by atoms with Crippen molar-refractivity contribution in [3.63, 3.8) is 0 Å². The predicted molar refractivity (Wildman–Crippen MR) is 118 cm³/mol. The van der Waals surface area contributed by atoms with Crippen LogP contribution in [0, 0.1) is 17.0 Å². The molecule has 0 atom stereocenters. The van der Waals surface area contributed by atoms with E-state index in [9.17, 15) is 19.7 Å². The number of carbonyl (C=O) groups is 2. The van der Waals surface area contributed by atoms with E-state index >= 15 is 0 Å². The highest BCUT2D eigenvalue weighted by Gasteiger charge is 2.13. The number of hydrazone groups is 1. The molecular weight excluding hydrogens is 466 g/mol. The summed E-state index contributed by atoms with van der Waals surface area (Å²) in [6.07, 6.45) is 1.32. The Kier molecular flexibility index (Phi) is 6.88. The first-order valence-electron chi connectivity index (χ1n) is 9.00. The second kappa shape index (κ2) is 9.77. The standard InChI is InChI=1S/C22H16BrN3O5/c1-14-4-2-6-16(10-14)22(28)31-20-9-8-18(23)11-17(20)13-24-25-21(27)15-5-3-7-19(12-15)26(29)30/h2-13H,1H3,(H,25,27). The zero-order valence-corrected chi connectivity index (χ0v) is 17.8. The van der Waals surface area contributed by atoms with E-state index in [0.717, 1.165) is 11.6 Å². The van der Waals surface area contributed by atoms with Crippen LogP contribution in [0.4, 0.5) is 5.69 Å². The maximum atomic E-state index is 12.5. The second-order valence-electron chi connectivity index (χ2n) is 6.45. The van der Waals surface area contributed by atoms with E-state index in [-0.39, 0.29) is 17.0 Å². The molecule has 3 rings (SSSR count). The highest BCUT2D eigenvalue weighted by molar-refractivity contribution is 9.10. The van der Waals surface area contributed by atoms with E-state index < -0.39 is 16.8 Å². The molecule has 0 aromatic heterocycles. The summed E-state index contributed by atoms with van der Waals surface area (Å²) in [5, 5.41) is 14.7. The number of ether oxygens (including phenoxy) is 1. The van der Waals surface area contributed by atoms with Crippen LogP contribution in [0.2, 0.25) is 0 Å². The first-order chi connectivity index (χ1) is 14.8. The van der Waals surface area contributed by atoms with Crippen molar-refractivity contribution in [1.82, 2.24) is 5.43 Å². The maximum absolute atomic E-state index is 12.5. The lowest BCUT2D eigenvalue weighted by molar-refractivity contribution is -0.384. The zero-order valence-electron chi connectivity index (χ0n) is 16.2. The third-order valence-corrected chi connectivity index (χ3v) is 4.61. The van der Waals surface area contributed by atoms with E-state index in [1.807, 2.05) is 13.0 Å². The average molecular weight is 482 g/mol. The van der Waals surface area contributed by atoms with Crippen molar-refractivity contribution in [2.24, 2.45) is 5.10 Å². The molecule has 1 N–H and O–H groups in total. The van der Waals surface area contributed by atoms with E-state index in [2.05, 4.69) is 26.5 Å². The van der Waals surface area contributed by atoms with Gasteiger partial charge in [-0.15, -0.1) is 0 Å². The van der Waals surface area contributed by atoms with E-state index in [0.29, 0.717) is 15.6 Å². The number of aryl methyl sites for hydroxylation is 1. The van der Waals surface area contributed by atoms with Crippen molar-refractivity contribution in [3.8, 4) is 5.75 Å². The van der Waals surface area contributed by atoms with Crippen molar-refractivity contribution < 1.29 is 19.2 Å². The van der Waals surface area contributed by atoms with Gasteiger partial charge in [-0.2, -0.15) is 5.10 Å². The molecule has 0 aliphatic rings. The summed E-state index contributed by atoms with van der Waals surface area (Å²) in [5.41, 5.74) is 3.97. The number of rotatable bonds is 6. The number of nitrogens with one attached hydrogen (secondary N) is 1. The summed E-state index contributed by atoms with van der Waals surface area (Å²) < 4.78 is 6.20. The Morgan fingerprint density at radius 2 is 1.81 bits per heavy atom. The van der Waals surface area contributed by atoms with Gasteiger partial charge in [-0.3, -0.25) is 14.9 Å². The smallest absolute Gasteiger partial charge is 0.343 e. The van der Waals surface area contributed by atoms with Crippen molar-refractivity contribution in [1.29, 1.82) is 0 Å². The van der Waals surface area contributed by atoms with Crippen LogP contribution < -0.4 is 10.2 Å². The van der Waals surface area contributed by atoms with Crippen LogP contribution in [0.1, 0.15) is 31.8 Å². The Balaban J connectivity index is 1.75. The van der Waals surface area contributed by atoms with Gasteiger partial charge in [-0.1, -0.05) is 39.7 Å². The van der Waals surface area contributed by atoms with Crippen molar-refractivity contribution in [3.05, 3.63) is 104 Å². The number of esters is 1. The average Bonchev–Trinajstić information content (AvgIpc) is 2.75. The zero-order chi connectivity index (χ0) is 22.4. The quantitative estimate of drug-likeness (QED) is 0.181. The lowest BCUT2D eigenvalue weighted by Gasteiger charge is -2.08. The minimum atomic E-state index is -0.617. The third kappa shape index (κ3) is 5.83. The number of nitro groups is 1. The number of nitrogens with zero attached hydrogens (tertiary/aromatic N) is 2. The molecule has 0 aliphatic heterocycles. The second-order valence-corrected chi connectivity index (χ2v) is 7.36. The Labute approximate surface area is 185 Å². The van der Waals surface area contributed by atoms with Gasteiger partial charge >= 0.3 is 5.97 Å². The summed E-state index contributed by atoms with van der Waals surface area (Å²) in [4.78, 5) is 34.9. The minimum Gasteiger partial charge on any atom is -0.422 e. The van der Waals surface area contributed by atoms with Gasteiger partial charge in [0.25, 0.3) is 11.6 Å². The molecule has 0 spiro atoms. The molecule has 1 amide bonds. The number of nitro benzene ring substituents is 1. The molecule has 0 unspecified atom stereocenters. The fourth-order valence-corrected chi connectivity index (χ4v) is 3.01. The summed E-state index contributed by atoms with van der Waals surface area (Å²) in [6.45, 7) is 1.87. The normalized spacial score (nSPS) is 10.6. The first kappa shape index (κ1) is 21.8. The van der Waals surface area contributed by atoms with E-state index in [4.69, 9.17) is 4.74 Å². The van der Waals surface area contributed by atoms with Crippen molar-refractivity contribution in [2.45, 2.75) is 6.92 Å². The first-order valence-corrected chi connectivity index (χ1v) is 9.79. The Morgan fingerprint density at radius 1 is 1.06 bits per heavy atom. The molecule has 3 aromatic carbocycles. The van der Waals surface area contributed by atoms with Crippen LogP contribution in [0.15, 0.2) is 76.3 Å². The van der Waals surface area contributed by atoms with Gasteiger partial charge in [0.05, 0.1) is 16.7 Å². The number of carbonyl (C=O) groups excluding carboxylic acids is 2. The van der Waals surface area contributed by atoms with E-state index in [1.165, 1.54) is 24.4 Å². The monoisotopic (exact) mass is 481 g/mol. The van der Waals surface area contributed by atoms with Crippen LogP contribution in [0.5, 0.6) is 5.75 Å². The van der Waals surface area contributed by atoms with E-state index in [1.54, 1.807) is 36.4 Å². The van der Waals surface area contributed by atoms with Gasteiger partial charge in [-0.25, -0.2) is 10.2 Å². The van der Waals surface area contributed by atoms with Crippen molar-refractivity contribution in [2.75, 3.05) is 0 Å². The third-order valence-electron chi connectivity index (χ3n) is 4.12. The van der Waals surface area contributed by atoms with Crippen molar-refractivity contribution >= 4 is 39.7 Å². The molecular formula is C22H16BrN3O5. The largest absolute Gasteiger partial charge is 0.422 e. The van der Waals surface area contributed by atoms with Gasteiger partial charge in [-0.05, 0) is 43.3 Å². The molecule has 0 saturated carbocycles. The molecule has 31 heavy (non-hydrogen) atoms. The lowest BCUT2D eigenvalue weighted by atomic mass is 10.1. The van der Waals surface area contributed by atoms with Crippen LogP contribution in [-0.2, 0) is 0 Å². The molecule has 0 aliphatic carbocycles. The van der Waals surface area contributed by atoms with Gasteiger partial charge in [0.2, 0.25) is 0 Å². The van der Waals surface area contributed by atoms with Crippen LogP contribution >= 0.6 is 15.9 Å². The minimum absolute atomic E-state index is 0.0895. The molecule has 156 valence electrons. The SMILES string of the molecule is Cc1cccc(C(=O)Oc2ccc(Br)cc2C=NNC(=O)c2cccc([N+](=O)[O-])c2)c1. The summed E-state index contributed by atoms with van der Waals surface area (Å²) in [6, 6.07) is 17.3. The molecule has 0 heterocycles. The predicted octanol–water partition coefficient (Wildman–Crippen LogP) is 4.65. The number of benzene rings is 3. The maximum Gasteiger partial charge on any atom is 0.343 e. The number of hydrogen-bond acceptors (Lipinski definition) is 6. The lowest BCUT2D eigenvalue weighted by Crippen LogP contribution is -2.18. The number of amides is 1. The fourth-order valence-electron chi connectivity index (χ4n) is 2.63. The fraction of sp³-hybridized carbons (Fsp3) is 0.0455.